The van der Waals surface area contributed by atoms with Gasteiger partial charge in [0.2, 0.25) is 0 Å². The van der Waals surface area contributed by atoms with Gasteiger partial charge in [0, 0.05) is 5.69 Å². The lowest BCUT2D eigenvalue weighted by molar-refractivity contribution is -0.145. The van der Waals surface area contributed by atoms with Gasteiger partial charge in [-0.25, -0.2) is 4.98 Å². The molecular weight excluding hydrogens is 248 g/mol. The summed E-state index contributed by atoms with van der Waals surface area (Å²) in [6, 6.07) is 0.558. The van der Waals surface area contributed by atoms with Gasteiger partial charge >= 0.3 is 12.4 Å². The second kappa shape index (κ2) is 5.37. The van der Waals surface area contributed by atoms with Crippen LogP contribution in [0.25, 0.3) is 0 Å². The molecule has 0 saturated carbocycles. The number of hydrogen-bond donors (Lipinski definition) is 0. The van der Waals surface area contributed by atoms with Crippen LogP contribution >= 0.6 is 0 Å². The van der Waals surface area contributed by atoms with E-state index in [0.29, 0.717) is 6.07 Å². The Morgan fingerprint density at radius 1 is 0.882 bits per heavy atom. The summed E-state index contributed by atoms with van der Waals surface area (Å²) >= 11 is 0. The molecular formula is C10H11F6N. The van der Waals surface area contributed by atoms with Crippen LogP contribution in [0.15, 0.2) is 12.1 Å². The van der Waals surface area contributed by atoms with Crippen molar-refractivity contribution in [2.45, 2.75) is 33.1 Å². The van der Waals surface area contributed by atoms with Crippen LogP contribution in [0.3, 0.4) is 0 Å². The second-order valence-corrected chi connectivity index (χ2v) is 2.88. The molecule has 0 bridgehead atoms. The Bertz CT molecular complexity index is 334. The molecule has 98 valence electrons. The molecule has 7 heteroatoms. The molecule has 1 rings (SSSR count). The topological polar surface area (TPSA) is 12.9 Å². The van der Waals surface area contributed by atoms with Crippen LogP contribution < -0.4 is 0 Å². The van der Waals surface area contributed by atoms with E-state index < -0.39 is 23.6 Å². The zero-order valence-corrected chi connectivity index (χ0v) is 9.37. The summed E-state index contributed by atoms with van der Waals surface area (Å²) in [4.78, 5) is 2.99. The van der Waals surface area contributed by atoms with Gasteiger partial charge in [-0.1, -0.05) is 13.8 Å². The smallest absolute Gasteiger partial charge is 0.249 e. The number of halogens is 6. The largest absolute Gasteiger partial charge is 0.433 e. The molecule has 0 aliphatic heterocycles. The van der Waals surface area contributed by atoms with Crippen LogP contribution in [-0.2, 0) is 12.4 Å². The Balaban J connectivity index is 0.00000121. The molecule has 0 fully saturated rings. The minimum absolute atomic E-state index is 0.00694. The highest BCUT2D eigenvalue weighted by molar-refractivity contribution is 5.24. The van der Waals surface area contributed by atoms with E-state index in [2.05, 4.69) is 4.98 Å². The highest BCUT2D eigenvalue weighted by Gasteiger charge is 2.37. The number of nitrogens with zero attached hydrogens (tertiary/aromatic N) is 1. The van der Waals surface area contributed by atoms with Crippen molar-refractivity contribution in [2.75, 3.05) is 0 Å². The van der Waals surface area contributed by atoms with Crippen molar-refractivity contribution in [3.8, 4) is 0 Å². The summed E-state index contributed by atoms with van der Waals surface area (Å²) in [5.41, 5.74) is -3.20. The van der Waals surface area contributed by atoms with Gasteiger partial charge in [-0.3, -0.25) is 0 Å². The highest BCUT2D eigenvalue weighted by atomic mass is 19.4. The molecule has 0 N–H and O–H groups in total. The number of rotatable bonds is 0. The zero-order valence-electron chi connectivity index (χ0n) is 9.37. The van der Waals surface area contributed by atoms with E-state index in [0.717, 1.165) is 6.92 Å². The summed E-state index contributed by atoms with van der Waals surface area (Å²) < 4.78 is 72.7. The third-order valence-corrected chi connectivity index (χ3v) is 1.57. The van der Waals surface area contributed by atoms with Gasteiger partial charge in [-0.2, -0.15) is 26.3 Å². The molecule has 0 aliphatic rings. The van der Waals surface area contributed by atoms with Crippen molar-refractivity contribution >= 4 is 0 Å². The third kappa shape index (κ3) is 4.62. The fraction of sp³-hybridized carbons (Fsp3) is 0.500. The number of aromatic nitrogens is 1. The summed E-state index contributed by atoms with van der Waals surface area (Å²) in [5.74, 6) is 0. The molecule has 17 heavy (non-hydrogen) atoms. The molecule has 0 saturated heterocycles. The molecule has 0 spiro atoms. The summed E-state index contributed by atoms with van der Waals surface area (Å²) in [6.45, 7) is 5.07. The zero-order chi connectivity index (χ0) is 13.9. The molecule has 0 atom stereocenters. The lowest BCUT2D eigenvalue weighted by Gasteiger charge is -2.11. The fourth-order valence-corrected chi connectivity index (χ4v) is 0.977. The van der Waals surface area contributed by atoms with Gasteiger partial charge in [0.05, 0.1) is 5.56 Å². The van der Waals surface area contributed by atoms with Gasteiger partial charge < -0.3 is 0 Å². The van der Waals surface area contributed by atoms with Crippen molar-refractivity contribution in [1.29, 1.82) is 0 Å². The van der Waals surface area contributed by atoms with E-state index in [-0.39, 0.29) is 11.8 Å². The molecule has 1 nitrogen and oxygen atoms in total. The van der Waals surface area contributed by atoms with Crippen LogP contribution in [0.4, 0.5) is 26.3 Å². The standard InChI is InChI=1S/C8H5F6N.C2H6/c1-4-2-5(7(9,10)11)3-6(15-4)8(12,13)14;1-2/h2-3H,1H3;1-2H3. The van der Waals surface area contributed by atoms with Gasteiger partial charge in [0.25, 0.3) is 0 Å². The average molecular weight is 259 g/mol. The van der Waals surface area contributed by atoms with Crippen molar-refractivity contribution in [3.05, 3.63) is 29.1 Å². The fourth-order valence-electron chi connectivity index (χ4n) is 0.977. The Morgan fingerprint density at radius 2 is 1.35 bits per heavy atom. The summed E-state index contributed by atoms with van der Waals surface area (Å²) in [6.07, 6.45) is -9.67. The summed E-state index contributed by atoms with van der Waals surface area (Å²) in [7, 11) is 0. The molecule has 1 heterocycles. The average Bonchev–Trinajstić information content (AvgIpc) is 2.17. The van der Waals surface area contributed by atoms with Crippen molar-refractivity contribution in [3.63, 3.8) is 0 Å². The van der Waals surface area contributed by atoms with E-state index >= 15 is 0 Å². The molecule has 0 amide bonds. The predicted molar refractivity (Wildman–Crippen MR) is 50.3 cm³/mol. The first kappa shape index (κ1) is 15.7. The lowest BCUT2D eigenvalue weighted by atomic mass is 10.2. The normalized spacial score (nSPS) is 11.8. The second-order valence-electron chi connectivity index (χ2n) is 2.88. The minimum atomic E-state index is -4.87. The molecule has 0 radical (unpaired) electrons. The summed E-state index contributed by atoms with van der Waals surface area (Å²) in [5, 5.41) is 0. The Morgan fingerprint density at radius 3 is 1.71 bits per heavy atom. The lowest BCUT2D eigenvalue weighted by Crippen LogP contribution is -2.13. The number of hydrogen-bond acceptors (Lipinski definition) is 1. The van der Waals surface area contributed by atoms with Crippen LogP contribution in [-0.4, -0.2) is 4.98 Å². The maximum absolute atomic E-state index is 12.1. The first-order valence-corrected chi connectivity index (χ1v) is 4.74. The minimum Gasteiger partial charge on any atom is -0.249 e. The Labute approximate surface area is 94.5 Å². The van der Waals surface area contributed by atoms with Crippen LogP contribution in [0.5, 0.6) is 0 Å². The van der Waals surface area contributed by atoms with E-state index in [1.54, 1.807) is 0 Å². The van der Waals surface area contributed by atoms with E-state index in [4.69, 9.17) is 0 Å². The van der Waals surface area contributed by atoms with Gasteiger partial charge in [0.1, 0.15) is 5.69 Å². The first-order chi connectivity index (χ1) is 7.60. The maximum Gasteiger partial charge on any atom is 0.433 e. The number of pyridine rings is 1. The molecule has 1 aromatic rings. The van der Waals surface area contributed by atoms with E-state index in [9.17, 15) is 26.3 Å². The Hall–Kier alpha value is -1.27. The van der Waals surface area contributed by atoms with E-state index in [1.165, 1.54) is 0 Å². The SMILES string of the molecule is CC.Cc1cc(C(F)(F)F)cc(C(F)(F)F)n1. The van der Waals surface area contributed by atoms with Crippen LogP contribution in [0.1, 0.15) is 30.8 Å². The highest BCUT2D eigenvalue weighted by Crippen LogP contribution is 2.34. The van der Waals surface area contributed by atoms with Crippen molar-refractivity contribution in [1.82, 2.24) is 4.98 Å². The molecule has 0 unspecified atom stereocenters. The molecule has 0 aliphatic carbocycles. The van der Waals surface area contributed by atoms with E-state index in [1.807, 2.05) is 13.8 Å². The van der Waals surface area contributed by atoms with Crippen LogP contribution in [0.2, 0.25) is 0 Å². The first-order valence-electron chi connectivity index (χ1n) is 4.74. The third-order valence-electron chi connectivity index (χ3n) is 1.57. The van der Waals surface area contributed by atoms with Crippen molar-refractivity contribution < 1.29 is 26.3 Å². The van der Waals surface area contributed by atoms with Crippen LogP contribution in [0, 0.1) is 6.92 Å². The molecule has 0 aromatic carbocycles. The quantitative estimate of drug-likeness (QED) is 0.627. The molecule has 1 aromatic heterocycles. The van der Waals surface area contributed by atoms with Gasteiger partial charge in [-0.05, 0) is 19.1 Å². The number of alkyl halides is 6. The number of aryl methyl sites for hydroxylation is 1. The Kier molecular flexibility index (Phi) is 4.97. The van der Waals surface area contributed by atoms with Gasteiger partial charge in [0.15, 0.2) is 0 Å². The van der Waals surface area contributed by atoms with Gasteiger partial charge in [-0.15, -0.1) is 0 Å². The monoisotopic (exact) mass is 259 g/mol. The van der Waals surface area contributed by atoms with Crippen molar-refractivity contribution in [2.24, 2.45) is 0 Å². The predicted octanol–water partition coefficient (Wildman–Crippen LogP) is 4.45. The maximum atomic E-state index is 12.1.